The highest BCUT2D eigenvalue weighted by Crippen LogP contribution is 2.32. The molecular formula is C23H19N3O2S. The van der Waals surface area contributed by atoms with E-state index in [0.29, 0.717) is 18.0 Å². The first-order chi connectivity index (χ1) is 14.2. The van der Waals surface area contributed by atoms with Crippen LogP contribution in [0.25, 0.3) is 21.0 Å². The smallest absolute Gasteiger partial charge is 0.227 e. The highest BCUT2D eigenvalue weighted by Gasteiger charge is 2.26. The molecule has 4 aromatic rings. The number of thiazole rings is 1. The SMILES string of the molecule is O=C(CCC1Cc2ccccc2NC1=O)Nc1nc2c(ccc3ccccc32)s1. The quantitative estimate of drug-likeness (QED) is 0.507. The van der Waals surface area contributed by atoms with Crippen molar-refractivity contribution in [2.75, 3.05) is 10.6 Å². The van der Waals surface area contributed by atoms with Gasteiger partial charge in [0.2, 0.25) is 11.8 Å². The van der Waals surface area contributed by atoms with Crippen molar-refractivity contribution in [1.29, 1.82) is 0 Å². The maximum atomic E-state index is 12.5. The Morgan fingerprint density at radius 3 is 2.86 bits per heavy atom. The molecule has 6 heteroatoms. The molecule has 1 aromatic heterocycles. The Hall–Kier alpha value is -3.25. The third-order valence-electron chi connectivity index (χ3n) is 5.36. The minimum atomic E-state index is -0.185. The van der Waals surface area contributed by atoms with Gasteiger partial charge in [-0.25, -0.2) is 4.98 Å². The molecule has 0 radical (unpaired) electrons. The number of hydrogen-bond acceptors (Lipinski definition) is 4. The van der Waals surface area contributed by atoms with E-state index in [4.69, 9.17) is 0 Å². The summed E-state index contributed by atoms with van der Waals surface area (Å²) in [6.45, 7) is 0. The lowest BCUT2D eigenvalue weighted by molar-refractivity contribution is -0.121. The fraction of sp³-hybridized carbons (Fsp3) is 0.174. The maximum Gasteiger partial charge on any atom is 0.227 e. The maximum absolute atomic E-state index is 12.5. The normalized spacial score (nSPS) is 15.9. The van der Waals surface area contributed by atoms with Crippen LogP contribution in [0.15, 0.2) is 60.7 Å². The molecule has 0 fully saturated rings. The molecule has 1 atom stereocenters. The van der Waals surface area contributed by atoms with Gasteiger partial charge in [-0.3, -0.25) is 9.59 Å². The van der Waals surface area contributed by atoms with Crippen molar-refractivity contribution in [3.63, 3.8) is 0 Å². The average molecular weight is 401 g/mol. The fourth-order valence-electron chi connectivity index (χ4n) is 3.85. The van der Waals surface area contributed by atoms with Crippen LogP contribution < -0.4 is 10.6 Å². The van der Waals surface area contributed by atoms with Crippen molar-refractivity contribution in [3.8, 4) is 0 Å². The number of aromatic nitrogens is 1. The number of rotatable bonds is 4. The molecule has 0 bridgehead atoms. The number of nitrogens with one attached hydrogen (secondary N) is 2. The van der Waals surface area contributed by atoms with Gasteiger partial charge >= 0.3 is 0 Å². The molecule has 2 N–H and O–H groups in total. The van der Waals surface area contributed by atoms with Crippen molar-refractivity contribution in [2.24, 2.45) is 5.92 Å². The molecule has 144 valence electrons. The molecular weight excluding hydrogens is 382 g/mol. The highest BCUT2D eigenvalue weighted by atomic mass is 32.1. The molecule has 1 unspecified atom stereocenters. The second-order valence-corrected chi connectivity index (χ2v) is 8.32. The van der Waals surface area contributed by atoms with Crippen LogP contribution in [0.4, 0.5) is 10.8 Å². The Morgan fingerprint density at radius 2 is 1.93 bits per heavy atom. The lowest BCUT2D eigenvalue weighted by Gasteiger charge is -2.24. The van der Waals surface area contributed by atoms with E-state index in [-0.39, 0.29) is 24.2 Å². The van der Waals surface area contributed by atoms with Crippen LogP contribution in [0.2, 0.25) is 0 Å². The minimum Gasteiger partial charge on any atom is -0.326 e. The summed E-state index contributed by atoms with van der Waals surface area (Å²) in [5.41, 5.74) is 2.90. The first kappa shape index (κ1) is 17.8. The number of anilines is 2. The van der Waals surface area contributed by atoms with Gasteiger partial charge in [-0.05, 0) is 35.9 Å². The molecule has 1 aliphatic heterocycles. The third kappa shape index (κ3) is 3.47. The van der Waals surface area contributed by atoms with Gasteiger partial charge in [0.1, 0.15) is 0 Å². The van der Waals surface area contributed by atoms with Crippen molar-refractivity contribution < 1.29 is 9.59 Å². The Balaban J connectivity index is 1.26. The number of hydrogen-bond donors (Lipinski definition) is 2. The van der Waals surface area contributed by atoms with Gasteiger partial charge in [0.25, 0.3) is 0 Å². The summed E-state index contributed by atoms with van der Waals surface area (Å²) >= 11 is 1.47. The molecule has 5 rings (SSSR count). The number of carbonyl (C=O) groups excluding carboxylic acids is 2. The minimum absolute atomic E-state index is 0.0112. The van der Waals surface area contributed by atoms with E-state index in [0.717, 1.165) is 32.2 Å². The summed E-state index contributed by atoms with van der Waals surface area (Å²) < 4.78 is 1.04. The van der Waals surface area contributed by atoms with Crippen LogP contribution in [0.1, 0.15) is 18.4 Å². The van der Waals surface area contributed by atoms with Crippen LogP contribution in [-0.4, -0.2) is 16.8 Å². The molecule has 2 heterocycles. The van der Waals surface area contributed by atoms with E-state index in [1.165, 1.54) is 11.3 Å². The van der Waals surface area contributed by atoms with Crippen LogP contribution >= 0.6 is 11.3 Å². The highest BCUT2D eigenvalue weighted by molar-refractivity contribution is 7.22. The van der Waals surface area contributed by atoms with E-state index < -0.39 is 0 Å². The zero-order valence-corrected chi connectivity index (χ0v) is 16.5. The lowest BCUT2D eigenvalue weighted by atomic mass is 9.89. The van der Waals surface area contributed by atoms with Crippen molar-refractivity contribution in [2.45, 2.75) is 19.3 Å². The number of carbonyl (C=O) groups is 2. The van der Waals surface area contributed by atoms with E-state index in [2.05, 4.69) is 27.8 Å². The molecule has 29 heavy (non-hydrogen) atoms. The second-order valence-electron chi connectivity index (χ2n) is 7.29. The molecule has 5 nitrogen and oxygen atoms in total. The Labute approximate surface area is 171 Å². The van der Waals surface area contributed by atoms with E-state index in [9.17, 15) is 9.59 Å². The predicted octanol–water partition coefficient (Wildman–Crippen LogP) is 4.98. The number of para-hydroxylation sites is 1. The van der Waals surface area contributed by atoms with E-state index >= 15 is 0 Å². The van der Waals surface area contributed by atoms with Gasteiger partial charge in [-0.15, -0.1) is 0 Å². The molecule has 0 saturated carbocycles. The summed E-state index contributed by atoms with van der Waals surface area (Å²) in [5, 5.41) is 8.65. The van der Waals surface area contributed by atoms with Gasteiger partial charge in [-0.1, -0.05) is 59.9 Å². The van der Waals surface area contributed by atoms with Gasteiger partial charge < -0.3 is 10.6 Å². The van der Waals surface area contributed by atoms with Gasteiger partial charge in [0.05, 0.1) is 10.2 Å². The third-order valence-corrected chi connectivity index (χ3v) is 6.30. The molecule has 0 aliphatic carbocycles. The standard InChI is InChI=1S/C23H19N3O2S/c27-20(12-10-16-13-15-6-2-4-8-18(15)24-22(16)28)25-23-26-21-17-7-3-1-5-14(17)9-11-19(21)29-23/h1-9,11,16H,10,12-13H2,(H,24,28)(H,25,26,27). The Morgan fingerprint density at radius 1 is 1.10 bits per heavy atom. The van der Waals surface area contributed by atoms with Crippen molar-refractivity contribution >= 4 is 55.0 Å². The summed E-state index contributed by atoms with van der Waals surface area (Å²) in [6.07, 6.45) is 1.47. The molecule has 2 amide bonds. The van der Waals surface area contributed by atoms with Gasteiger partial charge in [0.15, 0.2) is 5.13 Å². The number of amides is 2. The number of benzene rings is 3. The van der Waals surface area contributed by atoms with Crippen molar-refractivity contribution in [3.05, 3.63) is 66.2 Å². The molecule has 1 aliphatic rings. The Kier molecular flexibility index (Phi) is 4.48. The lowest BCUT2D eigenvalue weighted by Crippen LogP contribution is -2.30. The summed E-state index contributed by atoms with van der Waals surface area (Å²) in [7, 11) is 0. The van der Waals surface area contributed by atoms with E-state index in [1.54, 1.807) is 0 Å². The summed E-state index contributed by atoms with van der Waals surface area (Å²) in [5.74, 6) is -0.307. The fourth-order valence-corrected chi connectivity index (χ4v) is 4.75. The monoisotopic (exact) mass is 401 g/mol. The van der Waals surface area contributed by atoms with Crippen molar-refractivity contribution in [1.82, 2.24) is 4.98 Å². The molecule has 0 saturated heterocycles. The van der Waals surface area contributed by atoms with Crippen LogP contribution in [-0.2, 0) is 16.0 Å². The average Bonchev–Trinajstić information content (AvgIpc) is 3.15. The first-order valence-electron chi connectivity index (χ1n) is 9.64. The predicted molar refractivity (Wildman–Crippen MR) is 117 cm³/mol. The molecule has 3 aromatic carbocycles. The summed E-state index contributed by atoms with van der Waals surface area (Å²) in [6, 6.07) is 20.0. The van der Waals surface area contributed by atoms with Crippen LogP contribution in [0.3, 0.4) is 0 Å². The van der Waals surface area contributed by atoms with Gasteiger partial charge in [-0.2, -0.15) is 0 Å². The molecule has 0 spiro atoms. The van der Waals surface area contributed by atoms with Gasteiger partial charge in [0, 0.05) is 23.4 Å². The first-order valence-corrected chi connectivity index (χ1v) is 10.5. The van der Waals surface area contributed by atoms with Crippen LogP contribution in [0, 0.1) is 5.92 Å². The Bertz CT molecular complexity index is 1250. The number of fused-ring (bicyclic) bond motifs is 4. The second kappa shape index (κ2) is 7.29. The largest absolute Gasteiger partial charge is 0.326 e. The topological polar surface area (TPSA) is 71.1 Å². The zero-order valence-electron chi connectivity index (χ0n) is 15.6. The summed E-state index contributed by atoms with van der Waals surface area (Å²) in [4.78, 5) is 29.4. The van der Waals surface area contributed by atoms with Crippen LogP contribution in [0.5, 0.6) is 0 Å². The van der Waals surface area contributed by atoms with E-state index in [1.807, 2.05) is 48.5 Å². The zero-order chi connectivity index (χ0) is 19.8. The number of nitrogens with zero attached hydrogens (tertiary/aromatic N) is 1.